The van der Waals surface area contributed by atoms with E-state index in [1.165, 1.54) is 11.9 Å². The molecule has 0 radical (unpaired) electrons. The van der Waals surface area contributed by atoms with Gasteiger partial charge in [0.15, 0.2) is 0 Å². The summed E-state index contributed by atoms with van der Waals surface area (Å²) in [5.41, 5.74) is 3.48. The first-order chi connectivity index (χ1) is 36.2. The summed E-state index contributed by atoms with van der Waals surface area (Å²) in [4.78, 5) is 141. The quantitative estimate of drug-likeness (QED) is 0.0370. The number of hydrogen-bond donors (Lipinski definition) is 11. The third kappa shape index (κ3) is 20.5. The van der Waals surface area contributed by atoms with Crippen molar-refractivity contribution in [2.45, 2.75) is 115 Å². The van der Waals surface area contributed by atoms with Gasteiger partial charge in [-0.15, -0.1) is 0 Å². The molecule has 5 atom stereocenters. The zero-order valence-electron chi connectivity index (χ0n) is 43.1. The van der Waals surface area contributed by atoms with Crippen LogP contribution in [-0.2, 0) is 59.3 Å². The number of aromatic nitrogens is 1. The standard InChI is InChI=1S/C51H67F2N9O15/c1-50(2,3)46(38-21-31(33-22-32(52)13-14-34(33)53)26-61(38)25-30-9-6-5-7-10-30)62(43(69)27-63)20-18-35(47(74)56-19-17-42(68)58-36(49(76)77)15-16-44(70)71)57-28-51(29-64,24-39(54)65)60-48(75)37(23-45(72)73)59-41(67)12-8-11-40(66)55-4/h5-7,9-10,13-14,21-22,26,29,35-37,46,57,63H,8,11-12,15-20,23-25,27-28H2,1-4H3,(H2,54,65)(H,55,66)(H,56,74)(H,58,68)(H,59,67)(H,60,75)(H,70,71)(H,72,73)(H,76,77)/t35-,36+,37-,46-,51?/m0/s1. The van der Waals surface area contributed by atoms with E-state index in [0.717, 1.165) is 23.8 Å². The molecule has 0 fully saturated rings. The fraction of sp³-hybridized carbons (Fsp3) is 0.471. The zero-order chi connectivity index (χ0) is 57.6. The Morgan fingerprint density at radius 3 is 2.03 bits per heavy atom. The van der Waals surface area contributed by atoms with E-state index in [1.54, 1.807) is 55.8 Å². The van der Waals surface area contributed by atoms with Crippen molar-refractivity contribution in [3.63, 3.8) is 0 Å². The van der Waals surface area contributed by atoms with Crippen molar-refractivity contribution in [2.24, 2.45) is 11.1 Å². The highest BCUT2D eigenvalue weighted by Gasteiger charge is 2.40. The minimum absolute atomic E-state index is 0.00868. The molecule has 24 nitrogen and oxygen atoms in total. The van der Waals surface area contributed by atoms with Gasteiger partial charge in [0.1, 0.15) is 42.2 Å². The lowest BCUT2D eigenvalue weighted by Crippen LogP contribution is -2.63. The number of carbonyl (C=O) groups is 11. The minimum atomic E-state index is -2.38. The molecule has 0 saturated carbocycles. The van der Waals surface area contributed by atoms with Gasteiger partial charge < -0.3 is 72.3 Å². The number of carbonyl (C=O) groups excluding carboxylic acids is 8. The zero-order valence-corrected chi connectivity index (χ0v) is 43.1. The SMILES string of the molecule is CNC(=O)CCCC(=O)N[C@@H](CC(=O)O)C(=O)NC(C=O)(CN[C@@H](CCN(C(=O)CO)[C@@H](c1cc(-c2cc(F)ccc2F)cn1Cc1ccccc1)C(C)(C)C)C(=O)NCCC(=O)N[C@H](CCC(=O)O)C(=O)O)CC(N)=O. The van der Waals surface area contributed by atoms with Gasteiger partial charge in [0.25, 0.3) is 0 Å². The van der Waals surface area contributed by atoms with Crippen molar-refractivity contribution >= 4 is 65.5 Å². The maximum absolute atomic E-state index is 15.4. The molecule has 0 saturated heterocycles. The number of aliphatic hydroxyl groups excluding tert-OH is 1. The summed E-state index contributed by atoms with van der Waals surface area (Å²) in [7, 11) is 1.38. The molecular weight excluding hydrogens is 1020 g/mol. The topological polar surface area (TPSA) is 375 Å². The van der Waals surface area contributed by atoms with Gasteiger partial charge in [-0.3, -0.25) is 43.2 Å². The Kier molecular flexibility index (Phi) is 24.5. The van der Waals surface area contributed by atoms with E-state index in [0.29, 0.717) is 5.69 Å². The molecule has 12 N–H and O–H groups in total. The summed E-state index contributed by atoms with van der Waals surface area (Å²) in [6, 6.07) is 7.44. The summed E-state index contributed by atoms with van der Waals surface area (Å²) in [5, 5.41) is 53.0. The molecule has 26 heteroatoms. The fourth-order valence-electron chi connectivity index (χ4n) is 8.31. The van der Waals surface area contributed by atoms with Gasteiger partial charge in [0, 0.05) is 81.9 Å². The number of carboxylic acids is 3. The first-order valence-electron chi connectivity index (χ1n) is 24.4. The molecular formula is C51H67F2N9O15. The van der Waals surface area contributed by atoms with Crippen molar-refractivity contribution in [3.8, 4) is 11.1 Å². The smallest absolute Gasteiger partial charge is 0.326 e. The number of aldehydes is 1. The lowest BCUT2D eigenvalue weighted by atomic mass is 9.82. The third-order valence-corrected chi connectivity index (χ3v) is 12.0. The predicted molar refractivity (Wildman–Crippen MR) is 270 cm³/mol. The number of nitrogens with one attached hydrogen (secondary N) is 6. The number of primary amides is 1. The first kappa shape index (κ1) is 63.2. The van der Waals surface area contributed by atoms with Crippen molar-refractivity contribution in [1.82, 2.24) is 41.4 Å². The molecule has 0 aliphatic heterocycles. The van der Waals surface area contributed by atoms with Crippen LogP contribution < -0.4 is 37.6 Å². The normalized spacial score (nSPS) is 13.5. The Morgan fingerprint density at radius 2 is 1.44 bits per heavy atom. The molecule has 3 aromatic rings. The fourth-order valence-corrected chi connectivity index (χ4v) is 8.31. The van der Waals surface area contributed by atoms with Crippen LogP contribution in [0.25, 0.3) is 11.1 Å². The van der Waals surface area contributed by atoms with Gasteiger partial charge in [-0.2, -0.15) is 0 Å². The number of amides is 7. The maximum atomic E-state index is 15.4. The lowest BCUT2D eigenvalue weighted by molar-refractivity contribution is -0.143. The van der Waals surface area contributed by atoms with Crippen LogP contribution >= 0.6 is 0 Å². The van der Waals surface area contributed by atoms with E-state index in [9.17, 15) is 72.4 Å². The summed E-state index contributed by atoms with van der Waals surface area (Å²) >= 11 is 0. The van der Waals surface area contributed by atoms with E-state index in [1.807, 2.05) is 12.1 Å². The number of aliphatic hydroxyl groups is 1. The van der Waals surface area contributed by atoms with E-state index < -0.39 is 171 Å². The largest absolute Gasteiger partial charge is 0.481 e. The van der Waals surface area contributed by atoms with Gasteiger partial charge in [0.2, 0.25) is 41.4 Å². The van der Waals surface area contributed by atoms with E-state index >= 15 is 4.39 Å². The molecule has 0 spiro atoms. The van der Waals surface area contributed by atoms with Gasteiger partial charge >= 0.3 is 17.9 Å². The average Bonchev–Trinajstić information content (AvgIpc) is 3.76. The number of benzene rings is 2. The van der Waals surface area contributed by atoms with E-state index in [-0.39, 0.29) is 43.2 Å². The average molecular weight is 1080 g/mol. The van der Waals surface area contributed by atoms with Crippen LogP contribution in [0.5, 0.6) is 0 Å². The van der Waals surface area contributed by atoms with Crippen LogP contribution in [0.1, 0.15) is 95.9 Å². The first-order valence-corrected chi connectivity index (χ1v) is 24.4. The van der Waals surface area contributed by atoms with Crippen LogP contribution in [0.3, 0.4) is 0 Å². The number of nitrogens with two attached hydrogens (primary N) is 1. The molecule has 1 unspecified atom stereocenters. The van der Waals surface area contributed by atoms with Crippen molar-refractivity contribution in [3.05, 3.63) is 83.7 Å². The summed E-state index contributed by atoms with van der Waals surface area (Å²) in [6.45, 7) is 2.64. The molecule has 0 bridgehead atoms. The van der Waals surface area contributed by atoms with Crippen molar-refractivity contribution in [2.75, 3.05) is 33.3 Å². The second kappa shape index (κ2) is 29.8. The summed E-state index contributed by atoms with van der Waals surface area (Å²) < 4.78 is 31.7. The maximum Gasteiger partial charge on any atom is 0.326 e. The highest BCUT2D eigenvalue weighted by molar-refractivity contribution is 5.94. The number of rotatable bonds is 33. The number of carboxylic acid groups (broad SMARTS) is 3. The number of nitrogens with zero attached hydrogens (tertiary/aromatic N) is 2. The summed E-state index contributed by atoms with van der Waals surface area (Å²) in [5.74, 6) is -12.3. The molecule has 7 amide bonds. The van der Waals surface area contributed by atoms with Crippen molar-refractivity contribution in [1.29, 1.82) is 0 Å². The second-order valence-electron chi connectivity index (χ2n) is 19.2. The molecule has 1 heterocycles. The molecule has 3 rings (SSSR count). The monoisotopic (exact) mass is 1080 g/mol. The van der Waals surface area contributed by atoms with Gasteiger partial charge in [-0.25, -0.2) is 13.6 Å². The molecule has 77 heavy (non-hydrogen) atoms. The van der Waals surface area contributed by atoms with Crippen LogP contribution in [0.2, 0.25) is 0 Å². The highest BCUT2D eigenvalue weighted by Crippen LogP contribution is 2.41. The Morgan fingerprint density at radius 1 is 0.792 bits per heavy atom. The van der Waals surface area contributed by atoms with Crippen LogP contribution in [0, 0.1) is 17.0 Å². The molecule has 1 aromatic heterocycles. The summed E-state index contributed by atoms with van der Waals surface area (Å²) in [6.07, 6.45) is -2.75. The van der Waals surface area contributed by atoms with Crippen LogP contribution in [0.4, 0.5) is 8.78 Å². The van der Waals surface area contributed by atoms with Crippen LogP contribution in [-0.4, -0.2) is 152 Å². The molecule has 2 aromatic carbocycles. The van der Waals surface area contributed by atoms with Crippen molar-refractivity contribution < 1.29 is 81.9 Å². The van der Waals surface area contributed by atoms with E-state index in [2.05, 4.69) is 31.9 Å². The Bertz CT molecular complexity index is 2610. The predicted octanol–water partition coefficient (Wildman–Crippen LogP) is 0.484. The molecule has 420 valence electrons. The van der Waals surface area contributed by atoms with Crippen LogP contribution in [0.15, 0.2) is 60.8 Å². The third-order valence-electron chi connectivity index (χ3n) is 12.0. The Labute approximate surface area is 441 Å². The second-order valence-corrected chi connectivity index (χ2v) is 19.2. The molecule has 0 aliphatic carbocycles. The Hall–Kier alpha value is -8.13. The number of aliphatic carboxylic acids is 3. The van der Waals surface area contributed by atoms with Gasteiger partial charge in [0.05, 0.1) is 24.9 Å². The Balaban J connectivity index is 2.11. The lowest BCUT2D eigenvalue weighted by Gasteiger charge is -2.41. The molecule has 0 aliphatic rings. The number of hydrogen-bond acceptors (Lipinski definition) is 13. The highest BCUT2D eigenvalue weighted by atomic mass is 19.1. The minimum Gasteiger partial charge on any atom is -0.481 e. The van der Waals surface area contributed by atoms with Gasteiger partial charge in [-0.1, -0.05) is 51.1 Å². The van der Waals surface area contributed by atoms with E-state index in [4.69, 9.17) is 10.8 Å². The van der Waals surface area contributed by atoms with Gasteiger partial charge in [-0.05, 0) is 54.5 Å². The number of halogens is 2.